The summed E-state index contributed by atoms with van der Waals surface area (Å²) in [6, 6.07) is 4.62. The Morgan fingerprint density at radius 3 is 2.62 bits per heavy atom. The van der Waals surface area contributed by atoms with E-state index >= 15 is 0 Å². The molecule has 0 aromatic heterocycles. The van der Waals surface area contributed by atoms with Crippen molar-refractivity contribution < 1.29 is 22.7 Å². The maximum Gasteiger partial charge on any atom is 0.416 e. The maximum atomic E-state index is 12.8. The van der Waals surface area contributed by atoms with Gasteiger partial charge in [0.25, 0.3) is 0 Å². The van der Waals surface area contributed by atoms with Gasteiger partial charge < -0.3 is 10.1 Å². The number of carbonyl (C=O) groups excluding carboxylic acids is 1. The van der Waals surface area contributed by atoms with Gasteiger partial charge in [0, 0.05) is 12.5 Å². The molecular weight excluding hydrogens is 303 g/mol. The summed E-state index contributed by atoms with van der Waals surface area (Å²) in [6.45, 7) is 0. The van der Waals surface area contributed by atoms with Gasteiger partial charge in [0.15, 0.2) is 5.76 Å². The highest BCUT2D eigenvalue weighted by atomic mass is 32.2. The van der Waals surface area contributed by atoms with Crippen molar-refractivity contribution in [2.24, 2.45) is 0 Å². The highest BCUT2D eigenvalue weighted by Crippen LogP contribution is 2.35. The Kier molecular flexibility index (Phi) is 4.32. The number of halogens is 3. The zero-order chi connectivity index (χ0) is 15.6. The second-order valence-electron chi connectivity index (χ2n) is 4.18. The van der Waals surface area contributed by atoms with Crippen molar-refractivity contribution in [3.63, 3.8) is 0 Å². The first-order chi connectivity index (χ1) is 9.88. The number of hydrogen-bond acceptors (Lipinski definition) is 4. The van der Waals surface area contributed by atoms with Crippen molar-refractivity contribution >= 4 is 23.1 Å². The lowest BCUT2D eigenvalue weighted by molar-refractivity contribution is -0.137. The van der Waals surface area contributed by atoms with E-state index in [0.29, 0.717) is 0 Å². The number of allylic oxidation sites excluding steroid dienone is 1. The lowest BCUT2D eigenvalue weighted by Crippen LogP contribution is -2.09. The first-order valence-electron chi connectivity index (χ1n) is 5.93. The van der Waals surface area contributed by atoms with Gasteiger partial charge in [-0.2, -0.15) is 13.2 Å². The molecule has 2 rings (SSSR count). The van der Waals surface area contributed by atoms with E-state index in [1.54, 1.807) is 6.26 Å². The van der Waals surface area contributed by atoms with Crippen molar-refractivity contribution in [3.05, 3.63) is 52.4 Å². The summed E-state index contributed by atoms with van der Waals surface area (Å²) in [4.78, 5) is 12.2. The predicted octanol–water partition coefficient (Wildman–Crippen LogP) is 3.40. The summed E-state index contributed by atoms with van der Waals surface area (Å²) in [5.41, 5.74) is -0.536. The second kappa shape index (κ2) is 5.85. The molecule has 1 N–H and O–H groups in total. The molecule has 21 heavy (non-hydrogen) atoms. The first kappa shape index (κ1) is 15.5. The molecule has 3 nitrogen and oxygen atoms in total. The third kappa shape index (κ3) is 3.07. The fourth-order valence-electron chi connectivity index (χ4n) is 1.91. The molecule has 1 aromatic carbocycles. The number of thioether (sulfide) groups is 1. The summed E-state index contributed by atoms with van der Waals surface area (Å²) >= 11 is 1.28. The van der Waals surface area contributed by atoms with Crippen molar-refractivity contribution in [2.45, 2.75) is 6.18 Å². The Morgan fingerprint density at radius 2 is 2.05 bits per heavy atom. The summed E-state index contributed by atoms with van der Waals surface area (Å²) in [5.74, 6) is -0.188. The number of benzene rings is 1. The quantitative estimate of drug-likeness (QED) is 0.868. The zero-order valence-electron chi connectivity index (χ0n) is 11.2. The molecule has 0 saturated heterocycles. The fourth-order valence-corrected chi connectivity index (χ4v) is 2.28. The third-order valence-electron chi connectivity index (χ3n) is 2.82. The summed E-state index contributed by atoms with van der Waals surface area (Å²) in [6.07, 6.45) is -2.71. The first-order valence-corrected chi connectivity index (χ1v) is 7.22. The average molecular weight is 315 g/mol. The van der Waals surface area contributed by atoms with E-state index in [2.05, 4.69) is 5.32 Å². The van der Waals surface area contributed by atoms with E-state index in [1.807, 2.05) is 0 Å². The molecule has 1 heterocycles. The van der Waals surface area contributed by atoms with E-state index in [1.165, 1.54) is 36.4 Å². The lowest BCUT2D eigenvalue weighted by Gasteiger charge is -2.09. The fraction of sp³-hybridized carbons (Fsp3) is 0.214. The molecule has 0 aliphatic carbocycles. The molecule has 1 aliphatic rings. The van der Waals surface area contributed by atoms with Crippen LogP contribution in [0.2, 0.25) is 0 Å². The topological polar surface area (TPSA) is 38.3 Å². The number of carbonyl (C=O) groups is 1. The molecule has 1 aliphatic heterocycles. The second-order valence-corrected chi connectivity index (χ2v) is 4.89. The third-order valence-corrected chi connectivity index (χ3v) is 3.27. The van der Waals surface area contributed by atoms with Gasteiger partial charge in [-0.1, -0.05) is 12.1 Å². The molecule has 0 radical (unpaired) electrons. The van der Waals surface area contributed by atoms with E-state index < -0.39 is 17.5 Å². The summed E-state index contributed by atoms with van der Waals surface area (Å²) in [5, 5.41) is 4.21. The summed E-state index contributed by atoms with van der Waals surface area (Å²) < 4.78 is 43.6. The summed E-state index contributed by atoms with van der Waals surface area (Å²) in [7, 11) is 1.54. The smallest absolute Gasteiger partial charge is 0.416 e. The van der Waals surface area contributed by atoms with Crippen LogP contribution in [0.3, 0.4) is 0 Å². The number of nitrogens with one attached hydrogen (secondary N) is 1. The van der Waals surface area contributed by atoms with Crippen LogP contribution in [0.25, 0.3) is 5.57 Å². The van der Waals surface area contributed by atoms with Gasteiger partial charge in [-0.3, -0.25) is 4.79 Å². The highest BCUT2D eigenvalue weighted by Gasteiger charge is 2.34. The van der Waals surface area contributed by atoms with E-state index in [-0.39, 0.29) is 22.8 Å². The molecule has 0 spiro atoms. The van der Waals surface area contributed by atoms with Gasteiger partial charge in [0.1, 0.15) is 0 Å². The molecule has 0 unspecified atom stereocenters. The Morgan fingerprint density at radius 1 is 1.33 bits per heavy atom. The minimum Gasteiger partial charge on any atom is -0.436 e. The molecule has 0 amide bonds. The normalized spacial score (nSPS) is 17.4. The Bertz CT molecular complexity index is 635. The number of hydrogen-bond donors (Lipinski definition) is 1. The minimum atomic E-state index is -4.46. The highest BCUT2D eigenvalue weighted by molar-refractivity contribution is 8.01. The van der Waals surface area contributed by atoms with E-state index in [9.17, 15) is 18.0 Å². The largest absolute Gasteiger partial charge is 0.436 e. The molecule has 0 atom stereocenters. The number of alkyl halides is 3. The Balaban J connectivity index is 2.50. The van der Waals surface area contributed by atoms with Crippen LogP contribution in [-0.2, 0) is 15.7 Å². The molecule has 1 aromatic rings. The maximum absolute atomic E-state index is 12.8. The molecular formula is C14H12F3NO2S. The van der Waals surface area contributed by atoms with Crippen LogP contribution in [-0.4, -0.2) is 19.1 Å². The average Bonchev–Trinajstić information content (AvgIpc) is 2.75. The predicted molar refractivity (Wildman–Crippen MR) is 75.1 cm³/mol. The molecule has 112 valence electrons. The van der Waals surface area contributed by atoms with Gasteiger partial charge >= 0.3 is 6.18 Å². The molecule has 0 saturated carbocycles. The minimum absolute atomic E-state index is 0.0965. The van der Waals surface area contributed by atoms with Gasteiger partial charge in [-0.15, -0.1) is 11.8 Å². The number of ketones is 1. The van der Waals surface area contributed by atoms with Crippen molar-refractivity contribution in [1.82, 2.24) is 5.32 Å². The van der Waals surface area contributed by atoms with Crippen LogP contribution < -0.4 is 5.32 Å². The van der Waals surface area contributed by atoms with Gasteiger partial charge in [0.05, 0.1) is 11.1 Å². The van der Waals surface area contributed by atoms with Gasteiger partial charge in [0.2, 0.25) is 11.7 Å². The standard InChI is InChI=1S/C14H12F3NO2S/c1-18-13-11(12(19)10(20-13)7-21-2)8-4-3-5-9(6-8)14(15,16)17/h3-7,18H,1-2H3/b10-7+. The van der Waals surface area contributed by atoms with Crippen LogP contribution in [0.5, 0.6) is 0 Å². The molecule has 7 heteroatoms. The van der Waals surface area contributed by atoms with E-state index in [4.69, 9.17) is 4.74 Å². The van der Waals surface area contributed by atoms with Crippen molar-refractivity contribution in [1.29, 1.82) is 0 Å². The van der Waals surface area contributed by atoms with Crippen LogP contribution >= 0.6 is 11.8 Å². The molecule has 0 fully saturated rings. The van der Waals surface area contributed by atoms with Gasteiger partial charge in [-0.25, -0.2) is 0 Å². The van der Waals surface area contributed by atoms with Gasteiger partial charge in [-0.05, 0) is 24.0 Å². The Hall–Kier alpha value is -1.89. The van der Waals surface area contributed by atoms with Crippen LogP contribution in [0.4, 0.5) is 13.2 Å². The lowest BCUT2D eigenvalue weighted by atomic mass is 10.0. The number of ether oxygens (including phenoxy) is 1. The van der Waals surface area contributed by atoms with Crippen LogP contribution in [0.15, 0.2) is 41.3 Å². The number of rotatable bonds is 3. The molecule has 0 bridgehead atoms. The monoisotopic (exact) mass is 315 g/mol. The van der Waals surface area contributed by atoms with Crippen molar-refractivity contribution in [3.8, 4) is 0 Å². The number of Topliss-reactive ketones (excluding diaryl/α,β-unsaturated/α-hetero) is 1. The Labute approximate surface area is 123 Å². The van der Waals surface area contributed by atoms with E-state index in [0.717, 1.165) is 12.1 Å². The zero-order valence-corrected chi connectivity index (χ0v) is 12.1. The van der Waals surface area contributed by atoms with Crippen LogP contribution in [0, 0.1) is 0 Å². The van der Waals surface area contributed by atoms with Crippen LogP contribution in [0.1, 0.15) is 11.1 Å². The SMILES string of the molecule is CNC1=C(c2cccc(C(F)(F)F)c2)C(=O)/C(=C\SC)O1. The van der Waals surface area contributed by atoms with Crippen molar-refractivity contribution in [2.75, 3.05) is 13.3 Å².